The number of nitrogens with one attached hydrogen (secondary N) is 1. The van der Waals surface area contributed by atoms with Gasteiger partial charge >= 0.3 is 0 Å². The summed E-state index contributed by atoms with van der Waals surface area (Å²) in [5.74, 6) is 0.742. The van der Waals surface area contributed by atoms with E-state index in [1.807, 2.05) is 0 Å². The molecule has 0 saturated heterocycles. The molecule has 0 bridgehead atoms. The lowest BCUT2D eigenvalue weighted by atomic mass is 10.1. The summed E-state index contributed by atoms with van der Waals surface area (Å²) in [6.45, 7) is 10.3. The highest BCUT2D eigenvalue weighted by Crippen LogP contribution is 2.21. The van der Waals surface area contributed by atoms with Crippen molar-refractivity contribution in [2.45, 2.75) is 33.7 Å². The average molecular weight is 278 g/mol. The fourth-order valence-electron chi connectivity index (χ4n) is 2.20. The first-order valence-electron chi connectivity index (χ1n) is 7.55. The second-order valence-electron chi connectivity index (χ2n) is 5.91. The summed E-state index contributed by atoms with van der Waals surface area (Å²) >= 11 is 0. The topological polar surface area (TPSA) is 24.5 Å². The minimum Gasteiger partial charge on any atom is -0.383 e. The summed E-state index contributed by atoms with van der Waals surface area (Å²) in [7, 11) is 3.92. The molecule has 3 nitrogen and oxygen atoms in total. The van der Waals surface area contributed by atoms with E-state index < -0.39 is 0 Å². The first-order chi connectivity index (χ1) is 9.54. The van der Waals surface area contributed by atoms with Gasteiger partial charge in [-0.15, -0.1) is 0 Å². The molecule has 3 heteroatoms. The van der Waals surface area contributed by atoms with Crippen molar-refractivity contribution < 1.29 is 4.74 Å². The van der Waals surface area contributed by atoms with Crippen molar-refractivity contribution in [1.29, 1.82) is 0 Å². The zero-order chi connectivity index (χ0) is 15.0. The van der Waals surface area contributed by atoms with Gasteiger partial charge in [0.05, 0.1) is 6.61 Å². The Morgan fingerprint density at radius 3 is 2.70 bits per heavy atom. The number of anilines is 1. The molecule has 0 aliphatic rings. The largest absolute Gasteiger partial charge is 0.383 e. The zero-order valence-corrected chi connectivity index (χ0v) is 13.7. The van der Waals surface area contributed by atoms with Gasteiger partial charge in [-0.3, -0.25) is 0 Å². The molecule has 0 atom stereocenters. The van der Waals surface area contributed by atoms with Gasteiger partial charge < -0.3 is 15.0 Å². The van der Waals surface area contributed by atoms with Crippen LogP contribution >= 0.6 is 0 Å². The van der Waals surface area contributed by atoms with Crippen molar-refractivity contribution in [3.63, 3.8) is 0 Å². The Bertz CT molecular complexity index is 391. The quantitative estimate of drug-likeness (QED) is 0.702. The van der Waals surface area contributed by atoms with E-state index in [0.29, 0.717) is 0 Å². The Morgan fingerprint density at radius 1 is 1.30 bits per heavy atom. The standard InChI is InChI=1S/C17H30N2O/c1-14(2)8-10-19(4)17-7-6-15(3)12-16(17)13-18-9-11-20-5/h6-7,12,14,18H,8-11,13H2,1-5H3. The van der Waals surface area contributed by atoms with Crippen LogP contribution in [0.25, 0.3) is 0 Å². The highest BCUT2D eigenvalue weighted by Gasteiger charge is 2.08. The maximum atomic E-state index is 5.07. The third-order valence-electron chi connectivity index (χ3n) is 3.49. The number of nitrogens with zero attached hydrogens (tertiary/aromatic N) is 1. The van der Waals surface area contributed by atoms with Crippen LogP contribution in [0.15, 0.2) is 18.2 Å². The molecular formula is C17H30N2O. The number of methoxy groups -OCH3 is 1. The first kappa shape index (κ1) is 17.0. The number of aryl methyl sites for hydroxylation is 1. The molecule has 1 N–H and O–H groups in total. The molecular weight excluding hydrogens is 248 g/mol. The van der Waals surface area contributed by atoms with Gasteiger partial charge in [0.15, 0.2) is 0 Å². The van der Waals surface area contributed by atoms with Gasteiger partial charge in [0.1, 0.15) is 0 Å². The molecule has 0 aliphatic carbocycles. The van der Waals surface area contributed by atoms with E-state index in [0.717, 1.165) is 32.2 Å². The van der Waals surface area contributed by atoms with Crippen molar-refractivity contribution in [3.05, 3.63) is 29.3 Å². The van der Waals surface area contributed by atoms with Crippen molar-refractivity contribution >= 4 is 5.69 Å². The van der Waals surface area contributed by atoms with Crippen molar-refractivity contribution in [1.82, 2.24) is 5.32 Å². The highest BCUT2D eigenvalue weighted by molar-refractivity contribution is 5.54. The zero-order valence-electron chi connectivity index (χ0n) is 13.7. The summed E-state index contributed by atoms with van der Waals surface area (Å²) in [4.78, 5) is 2.37. The van der Waals surface area contributed by atoms with E-state index >= 15 is 0 Å². The molecule has 1 aromatic rings. The summed E-state index contributed by atoms with van der Waals surface area (Å²) in [5, 5.41) is 3.44. The lowest BCUT2D eigenvalue weighted by molar-refractivity contribution is 0.199. The second kappa shape index (κ2) is 8.98. The summed E-state index contributed by atoms with van der Waals surface area (Å²) in [6, 6.07) is 6.71. The van der Waals surface area contributed by atoms with Gasteiger partial charge in [-0.2, -0.15) is 0 Å². The highest BCUT2D eigenvalue weighted by atomic mass is 16.5. The van der Waals surface area contributed by atoms with E-state index in [1.165, 1.54) is 23.2 Å². The van der Waals surface area contributed by atoms with Crippen LogP contribution in [-0.2, 0) is 11.3 Å². The first-order valence-corrected chi connectivity index (χ1v) is 7.55. The van der Waals surface area contributed by atoms with Crippen molar-refractivity contribution in [3.8, 4) is 0 Å². The van der Waals surface area contributed by atoms with Gasteiger partial charge in [0.25, 0.3) is 0 Å². The Kier molecular flexibility index (Phi) is 7.63. The Balaban J connectivity index is 2.68. The molecule has 1 rings (SSSR count). The maximum absolute atomic E-state index is 5.07. The van der Waals surface area contributed by atoms with Crippen LogP contribution in [0.4, 0.5) is 5.69 Å². The van der Waals surface area contributed by atoms with Crippen LogP contribution in [0.3, 0.4) is 0 Å². The molecule has 0 heterocycles. The molecule has 0 fully saturated rings. The van der Waals surface area contributed by atoms with Gasteiger partial charge in [0, 0.05) is 39.5 Å². The third-order valence-corrected chi connectivity index (χ3v) is 3.49. The average Bonchev–Trinajstić information content (AvgIpc) is 2.41. The van der Waals surface area contributed by atoms with Crippen LogP contribution in [0, 0.1) is 12.8 Å². The van der Waals surface area contributed by atoms with Crippen LogP contribution in [-0.4, -0.2) is 33.9 Å². The Labute approximate surface area is 124 Å². The molecule has 0 saturated carbocycles. The van der Waals surface area contributed by atoms with Crippen LogP contribution in [0.5, 0.6) is 0 Å². The molecule has 114 valence electrons. The second-order valence-corrected chi connectivity index (χ2v) is 5.91. The predicted octanol–water partition coefficient (Wildman–Crippen LogP) is 3.21. The van der Waals surface area contributed by atoms with E-state index in [4.69, 9.17) is 4.74 Å². The Morgan fingerprint density at radius 2 is 2.05 bits per heavy atom. The van der Waals surface area contributed by atoms with E-state index in [2.05, 4.69) is 56.2 Å². The monoisotopic (exact) mass is 278 g/mol. The maximum Gasteiger partial charge on any atom is 0.0587 e. The molecule has 20 heavy (non-hydrogen) atoms. The fourth-order valence-corrected chi connectivity index (χ4v) is 2.20. The third kappa shape index (κ3) is 5.93. The van der Waals surface area contributed by atoms with E-state index in [9.17, 15) is 0 Å². The predicted molar refractivity (Wildman–Crippen MR) is 87.5 cm³/mol. The van der Waals surface area contributed by atoms with E-state index in [-0.39, 0.29) is 0 Å². The molecule has 0 spiro atoms. The van der Waals surface area contributed by atoms with Gasteiger partial charge in [0.2, 0.25) is 0 Å². The minimum absolute atomic E-state index is 0.742. The number of benzene rings is 1. The van der Waals surface area contributed by atoms with Crippen molar-refractivity contribution in [2.24, 2.45) is 5.92 Å². The summed E-state index contributed by atoms with van der Waals surface area (Å²) < 4.78 is 5.07. The number of ether oxygens (including phenoxy) is 1. The van der Waals surface area contributed by atoms with E-state index in [1.54, 1.807) is 7.11 Å². The van der Waals surface area contributed by atoms with Crippen molar-refractivity contribution in [2.75, 3.05) is 38.8 Å². The van der Waals surface area contributed by atoms with Crippen LogP contribution < -0.4 is 10.2 Å². The minimum atomic E-state index is 0.742. The van der Waals surface area contributed by atoms with Gasteiger partial charge in [-0.05, 0) is 30.9 Å². The number of hydrogen-bond donors (Lipinski definition) is 1. The molecule has 0 radical (unpaired) electrons. The summed E-state index contributed by atoms with van der Waals surface area (Å²) in [5.41, 5.74) is 4.02. The summed E-state index contributed by atoms with van der Waals surface area (Å²) in [6.07, 6.45) is 1.22. The van der Waals surface area contributed by atoms with Crippen LogP contribution in [0.1, 0.15) is 31.4 Å². The molecule has 0 unspecified atom stereocenters. The lowest BCUT2D eigenvalue weighted by Gasteiger charge is -2.24. The number of rotatable bonds is 9. The fraction of sp³-hybridized carbons (Fsp3) is 0.647. The molecule has 0 amide bonds. The number of hydrogen-bond acceptors (Lipinski definition) is 3. The molecule has 0 aliphatic heterocycles. The van der Waals surface area contributed by atoms with Gasteiger partial charge in [-0.1, -0.05) is 31.5 Å². The lowest BCUT2D eigenvalue weighted by Crippen LogP contribution is -2.24. The molecule has 1 aromatic carbocycles. The van der Waals surface area contributed by atoms with Crippen LogP contribution in [0.2, 0.25) is 0 Å². The van der Waals surface area contributed by atoms with Gasteiger partial charge in [-0.25, -0.2) is 0 Å². The SMILES string of the molecule is COCCNCc1cc(C)ccc1N(C)CCC(C)C. The normalized spacial score (nSPS) is 11.1. The molecule has 0 aromatic heterocycles. The Hall–Kier alpha value is -1.06. The smallest absolute Gasteiger partial charge is 0.0587 e.